The topological polar surface area (TPSA) is 47.3 Å². The molecule has 0 saturated carbocycles. The third-order valence-electron chi connectivity index (χ3n) is 2.70. The molecule has 16 heavy (non-hydrogen) atoms. The maximum absolute atomic E-state index is 5.81. The van der Waals surface area contributed by atoms with Gasteiger partial charge >= 0.3 is 0 Å². The van der Waals surface area contributed by atoms with E-state index < -0.39 is 0 Å². The normalized spacial score (nSPS) is 20.4. The Morgan fingerprint density at radius 2 is 2.31 bits per heavy atom. The van der Waals surface area contributed by atoms with Gasteiger partial charge in [-0.05, 0) is 24.7 Å². The van der Waals surface area contributed by atoms with Gasteiger partial charge < -0.3 is 15.8 Å². The van der Waals surface area contributed by atoms with Gasteiger partial charge in [0.2, 0.25) is 0 Å². The Kier molecular flexibility index (Phi) is 3.83. The third kappa shape index (κ3) is 2.98. The van der Waals surface area contributed by atoms with Crippen LogP contribution in [0, 0.1) is 0 Å². The molecule has 1 aliphatic rings. The minimum absolute atomic E-state index is 0.560. The Balaban J connectivity index is 2.04. The van der Waals surface area contributed by atoms with Gasteiger partial charge in [-0.2, -0.15) is 11.8 Å². The number of hydrogen-bond acceptors (Lipinski definition) is 4. The molecule has 0 aromatic heterocycles. The molecule has 4 heteroatoms. The monoisotopic (exact) mass is 238 g/mol. The first-order valence-electron chi connectivity index (χ1n) is 5.57. The van der Waals surface area contributed by atoms with Crippen LogP contribution in [0.1, 0.15) is 12.8 Å². The van der Waals surface area contributed by atoms with E-state index in [2.05, 4.69) is 5.32 Å². The fourth-order valence-electron chi connectivity index (χ4n) is 1.91. The molecular formula is C12H18N2OS. The highest BCUT2D eigenvalue weighted by Gasteiger charge is 2.13. The Morgan fingerprint density at radius 1 is 1.44 bits per heavy atom. The zero-order chi connectivity index (χ0) is 11.4. The van der Waals surface area contributed by atoms with Gasteiger partial charge in [-0.3, -0.25) is 0 Å². The number of ether oxygens (including phenoxy) is 1. The second kappa shape index (κ2) is 5.34. The Hall–Kier alpha value is -1.03. The molecule has 3 N–H and O–H groups in total. The van der Waals surface area contributed by atoms with Gasteiger partial charge in [0.15, 0.2) is 0 Å². The fraction of sp³-hybridized carbons (Fsp3) is 0.500. The number of thioether (sulfide) groups is 1. The summed E-state index contributed by atoms with van der Waals surface area (Å²) in [5, 5.41) is 3.52. The summed E-state index contributed by atoms with van der Waals surface area (Å²) >= 11 is 2.01. The summed E-state index contributed by atoms with van der Waals surface area (Å²) < 4.78 is 5.20. The van der Waals surface area contributed by atoms with E-state index >= 15 is 0 Å². The van der Waals surface area contributed by atoms with E-state index in [1.165, 1.54) is 24.3 Å². The van der Waals surface area contributed by atoms with E-state index in [-0.39, 0.29) is 0 Å². The number of anilines is 2. The standard InChI is InChI=1S/C12H18N2OS/c1-15-12-6-9(13)5-11(7-12)14-10-3-2-4-16-8-10/h5-7,10,14H,2-4,8,13H2,1H3. The lowest BCUT2D eigenvalue weighted by Gasteiger charge is -2.23. The third-order valence-corrected chi connectivity index (χ3v) is 3.91. The van der Waals surface area contributed by atoms with Gasteiger partial charge in [0.1, 0.15) is 5.75 Å². The molecule has 1 atom stereocenters. The molecule has 1 heterocycles. The Labute approximate surface area is 101 Å². The summed E-state index contributed by atoms with van der Waals surface area (Å²) in [5.41, 5.74) is 7.62. The minimum atomic E-state index is 0.560. The van der Waals surface area contributed by atoms with Crippen LogP contribution in [0.4, 0.5) is 11.4 Å². The first-order valence-corrected chi connectivity index (χ1v) is 6.72. The van der Waals surface area contributed by atoms with Crippen molar-refractivity contribution < 1.29 is 4.74 Å². The van der Waals surface area contributed by atoms with E-state index in [1.54, 1.807) is 7.11 Å². The summed E-state index contributed by atoms with van der Waals surface area (Å²) in [7, 11) is 1.66. The van der Waals surface area contributed by atoms with E-state index in [1.807, 2.05) is 30.0 Å². The average molecular weight is 238 g/mol. The van der Waals surface area contributed by atoms with Crippen LogP contribution in [0.15, 0.2) is 18.2 Å². The number of nitrogen functional groups attached to an aromatic ring is 1. The maximum Gasteiger partial charge on any atom is 0.122 e. The largest absolute Gasteiger partial charge is 0.497 e. The van der Waals surface area contributed by atoms with Gasteiger partial charge in [0.25, 0.3) is 0 Å². The van der Waals surface area contributed by atoms with E-state index in [4.69, 9.17) is 10.5 Å². The lowest BCUT2D eigenvalue weighted by Crippen LogP contribution is -2.25. The van der Waals surface area contributed by atoms with Gasteiger partial charge in [0, 0.05) is 35.3 Å². The van der Waals surface area contributed by atoms with E-state index in [9.17, 15) is 0 Å². The minimum Gasteiger partial charge on any atom is -0.497 e. The maximum atomic E-state index is 5.81. The van der Waals surface area contributed by atoms with Crippen LogP contribution < -0.4 is 15.8 Å². The number of nitrogens with one attached hydrogen (secondary N) is 1. The fourth-order valence-corrected chi connectivity index (χ4v) is 2.99. The molecule has 0 amide bonds. The number of rotatable bonds is 3. The molecule has 1 aromatic rings. The molecule has 2 rings (SSSR count). The zero-order valence-electron chi connectivity index (χ0n) is 9.53. The molecule has 0 radical (unpaired) electrons. The smallest absolute Gasteiger partial charge is 0.122 e. The van der Waals surface area contributed by atoms with Crippen molar-refractivity contribution in [1.29, 1.82) is 0 Å². The average Bonchev–Trinajstić information content (AvgIpc) is 2.29. The predicted molar refractivity (Wildman–Crippen MR) is 71.4 cm³/mol. The molecule has 88 valence electrons. The molecule has 0 bridgehead atoms. The quantitative estimate of drug-likeness (QED) is 0.795. The molecule has 1 aliphatic heterocycles. The first-order chi connectivity index (χ1) is 7.78. The molecule has 1 unspecified atom stereocenters. The summed E-state index contributed by atoms with van der Waals surface area (Å²) in [6.45, 7) is 0. The number of methoxy groups -OCH3 is 1. The van der Waals surface area contributed by atoms with Gasteiger partial charge in [-0.1, -0.05) is 0 Å². The highest BCUT2D eigenvalue weighted by atomic mass is 32.2. The lowest BCUT2D eigenvalue weighted by atomic mass is 10.1. The Morgan fingerprint density at radius 3 is 3.00 bits per heavy atom. The second-order valence-corrected chi connectivity index (χ2v) is 5.20. The molecule has 0 spiro atoms. The second-order valence-electron chi connectivity index (χ2n) is 4.05. The van der Waals surface area contributed by atoms with E-state index in [0.717, 1.165) is 17.1 Å². The Bertz CT molecular complexity index is 351. The highest BCUT2D eigenvalue weighted by molar-refractivity contribution is 7.99. The number of hydrogen-bond donors (Lipinski definition) is 2. The van der Waals surface area contributed by atoms with Gasteiger partial charge in [-0.15, -0.1) is 0 Å². The van der Waals surface area contributed by atoms with Crippen molar-refractivity contribution in [3.63, 3.8) is 0 Å². The van der Waals surface area contributed by atoms with Crippen molar-refractivity contribution in [2.45, 2.75) is 18.9 Å². The molecule has 1 aromatic carbocycles. The number of nitrogens with two attached hydrogens (primary N) is 1. The molecule has 1 fully saturated rings. The van der Waals surface area contributed by atoms with Crippen LogP contribution in [-0.2, 0) is 0 Å². The highest BCUT2D eigenvalue weighted by Crippen LogP contribution is 2.25. The summed E-state index contributed by atoms with van der Waals surface area (Å²) in [4.78, 5) is 0. The van der Waals surface area contributed by atoms with Crippen molar-refractivity contribution in [2.24, 2.45) is 0 Å². The van der Waals surface area contributed by atoms with Crippen LogP contribution in [-0.4, -0.2) is 24.7 Å². The summed E-state index contributed by atoms with van der Waals surface area (Å²) in [6, 6.07) is 6.35. The van der Waals surface area contributed by atoms with Gasteiger partial charge in [0.05, 0.1) is 7.11 Å². The number of benzene rings is 1. The van der Waals surface area contributed by atoms with Crippen LogP contribution in [0.2, 0.25) is 0 Å². The van der Waals surface area contributed by atoms with Crippen LogP contribution in [0.5, 0.6) is 5.75 Å². The van der Waals surface area contributed by atoms with Crippen LogP contribution >= 0.6 is 11.8 Å². The van der Waals surface area contributed by atoms with Crippen molar-refractivity contribution in [3.8, 4) is 5.75 Å². The van der Waals surface area contributed by atoms with Crippen LogP contribution in [0.25, 0.3) is 0 Å². The molecule has 1 saturated heterocycles. The van der Waals surface area contributed by atoms with Crippen molar-refractivity contribution >= 4 is 23.1 Å². The van der Waals surface area contributed by atoms with E-state index in [0.29, 0.717) is 6.04 Å². The van der Waals surface area contributed by atoms with Crippen molar-refractivity contribution in [1.82, 2.24) is 0 Å². The van der Waals surface area contributed by atoms with Crippen LogP contribution in [0.3, 0.4) is 0 Å². The van der Waals surface area contributed by atoms with Gasteiger partial charge in [-0.25, -0.2) is 0 Å². The SMILES string of the molecule is COc1cc(N)cc(NC2CCCSC2)c1. The molecule has 0 aliphatic carbocycles. The summed E-state index contributed by atoms with van der Waals surface area (Å²) in [6.07, 6.45) is 2.53. The summed E-state index contributed by atoms with van der Waals surface area (Å²) in [5.74, 6) is 3.28. The van der Waals surface area contributed by atoms with Crippen molar-refractivity contribution in [3.05, 3.63) is 18.2 Å². The lowest BCUT2D eigenvalue weighted by molar-refractivity contribution is 0.415. The molecular weight excluding hydrogens is 220 g/mol. The molecule has 3 nitrogen and oxygen atoms in total. The predicted octanol–water partition coefficient (Wildman–Crippen LogP) is 2.58. The zero-order valence-corrected chi connectivity index (χ0v) is 10.3. The van der Waals surface area contributed by atoms with Crippen molar-refractivity contribution in [2.75, 3.05) is 29.7 Å². The first kappa shape index (κ1) is 11.5.